The highest BCUT2D eigenvalue weighted by molar-refractivity contribution is 9.10. The maximum absolute atomic E-state index is 12.4. The van der Waals surface area contributed by atoms with Crippen LogP contribution < -0.4 is 5.32 Å². The van der Waals surface area contributed by atoms with Crippen molar-refractivity contribution in [2.45, 2.75) is 13.0 Å². The highest BCUT2D eigenvalue weighted by Gasteiger charge is 2.34. The zero-order valence-electron chi connectivity index (χ0n) is 9.94. The number of hydrogen-bond donors (Lipinski definition) is 1. The molecule has 0 saturated carbocycles. The van der Waals surface area contributed by atoms with E-state index in [1.54, 1.807) is 25.1 Å². The first-order chi connectivity index (χ1) is 8.90. The number of benzene rings is 1. The molecular formula is C12H10BrClN2O3. The van der Waals surface area contributed by atoms with E-state index < -0.39 is 17.9 Å². The van der Waals surface area contributed by atoms with E-state index in [2.05, 4.69) is 21.2 Å². The molecule has 2 rings (SSSR count). The van der Waals surface area contributed by atoms with Gasteiger partial charge >= 0.3 is 0 Å². The fourth-order valence-electron chi connectivity index (χ4n) is 1.78. The Balaban J connectivity index is 2.32. The predicted octanol–water partition coefficient (Wildman–Crippen LogP) is 1.59. The summed E-state index contributed by atoms with van der Waals surface area (Å²) in [6, 6.07) is 4.03. The van der Waals surface area contributed by atoms with E-state index in [0.717, 1.165) is 0 Å². The Morgan fingerprint density at radius 2 is 2.16 bits per heavy atom. The summed E-state index contributed by atoms with van der Waals surface area (Å²) < 4.78 is 0.524. The lowest BCUT2D eigenvalue weighted by molar-refractivity contribution is -0.138. The molecule has 19 heavy (non-hydrogen) atoms. The van der Waals surface area contributed by atoms with Gasteiger partial charge in [0.05, 0.1) is 5.56 Å². The number of amides is 3. The van der Waals surface area contributed by atoms with Crippen LogP contribution in [0.5, 0.6) is 0 Å². The first-order valence-corrected chi connectivity index (χ1v) is 6.67. The van der Waals surface area contributed by atoms with Crippen molar-refractivity contribution in [3.8, 4) is 0 Å². The molecule has 1 aliphatic rings. The van der Waals surface area contributed by atoms with Crippen molar-refractivity contribution < 1.29 is 14.4 Å². The molecule has 0 radical (unpaired) electrons. The summed E-state index contributed by atoms with van der Waals surface area (Å²) in [4.78, 5) is 36.5. The van der Waals surface area contributed by atoms with Gasteiger partial charge in [-0.2, -0.15) is 0 Å². The molecule has 1 atom stereocenters. The van der Waals surface area contributed by atoms with Gasteiger partial charge < -0.3 is 4.90 Å². The summed E-state index contributed by atoms with van der Waals surface area (Å²) in [7, 11) is 0. The van der Waals surface area contributed by atoms with Gasteiger partial charge in [-0.15, -0.1) is 0 Å². The van der Waals surface area contributed by atoms with E-state index in [1.165, 1.54) is 4.90 Å². The Labute approximate surface area is 123 Å². The summed E-state index contributed by atoms with van der Waals surface area (Å²) in [5.41, 5.74) is 0.360. The van der Waals surface area contributed by atoms with Crippen LogP contribution in [-0.2, 0) is 9.59 Å². The first-order valence-electron chi connectivity index (χ1n) is 5.50. The average molecular weight is 346 g/mol. The van der Waals surface area contributed by atoms with Gasteiger partial charge in [0, 0.05) is 9.50 Å². The summed E-state index contributed by atoms with van der Waals surface area (Å²) in [5.74, 6) is -1.35. The van der Waals surface area contributed by atoms with Gasteiger partial charge in [-0.25, -0.2) is 0 Å². The Morgan fingerprint density at radius 3 is 2.79 bits per heavy atom. The molecule has 1 aliphatic heterocycles. The number of piperazine rings is 1. The summed E-state index contributed by atoms with van der Waals surface area (Å²) in [5, 5.41) is 2.67. The highest BCUT2D eigenvalue weighted by Crippen LogP contribution is 2.24. The number of halogens is 2. The van der Waals surface area contributed by atoms with Gasteiger partial charge in [0.15, 0.2) is 0 Å². The van der Waals surface area contributed by atoms with Crippen LogP contribution in [0.25, 0.3) is 0 Å². The Kier molecular flexibility index (Phi) is 3.91. The second-order valence-electron chi connectivity index (χ2n) is 4.15. The number of carbonyl (C=O) groups is 3. The summed E-state index contributed by atoms with van der Waals surface area (Å²) in [6.45, 7) is 1.43. The lowest BCUT2D eigenvalue weighted by Crippen LogP contribution is -2.58. The van der Waals surface area contributed by atoms with Crippen LogP contribution in [0.2, 0.25) is 5.02 Å². The lowest BCUT2D eigenvalue weighted by atomic mass is 10.1. The van der Waals surface area contributed by atoms with Crippen molar-refractivity contribution in [1.82, 2.24) is 10.2 Å². The maximum atomic E-state index is 12.4. The standard InChI is InChI=1S/C12H10BrClN2O3/c1-6-11(18)15-10(17)5-16(6)12(19)8-3-2-7(14)4-9(8)13/h2-4,6H,5H2,1H3,(H,15,17,18). The zero-order valence-corrected chi connectivity index (χ0v) is 12.3. The van der Waals surface area contributed by atoms with E-state index in [-0.39, 0.29) is 12.5 Å². The first kappa shape index (κ1) is 14.0. The molecule has 7 heteroatoms. The molecule has 1 N–H and O–H groups in total. The molecule has 1 heterocycles. The molecule has 0 bridgehead atoms. The van der Waals surface area contributed by atoms with Crippen molar-refractivity contribution in [2.24, 2.45) is 0 Å². The maximum Gasteiger partial charge on any atom is 0.256 e. The molecule has 0 spiro atoms. The van der Waals surface area contributed by atoms with Crippen LogP contribution in [0, 0.1) is 0 Å². The smallest absolute Gasteiger partial charge is 0.256 e. The van der Waals surface area contributed by atoms with Crippen LogP contribution in [0.15, 0.2) is 22.7 Å². The molecule has 0 aromatic heterocycles. The van der Waals surface area contributed by atoms with E-state index in [0.29, 0.717) is 15.1 Å². The van der Waals surface area contributed by atoms with Gasteiger partial charge in [0.1, 0.15) is 12.6 Å². The molecule has 1 saturated heterocycles. The van der Waals surface area contributed by atoms with Gasteiger partial charge in [-0.1, -0.05) is 11.6 Å². The van der Waals surface area contributed by atoms with Crippen molar-refractivity contribution in [3.05, 3.63) is 33.3 Å². The van der Waals surface area contributed by atoms with E-state index in [1.807, 2.05) is 0 Å². The van der Waals surface area contributed by atoms with Crippen LogP contribution >= 0.6 is 27.5 Å². The molecule has 1 unspecified atom stereocenters. The van der Waals surface area contributed by atoms with Crippen molar-refractivity contribution in [2.75, 3.05) is 6.54 Å². The van der Waals surface area contributed by atoms with Crippen molar-refractivity contribution in [1.29, 1.82) is 0 Å². The van der Waals surface area contributed by atoms with Gasteiger partial charge in [-0.3, -0.25) is 19.7 Å². The zero-order chi connectivity index (χ0) is 14.2. The van der Waals surface area contributed by atoms with Crippen LogP contribution in [0.4, 0.5) is 0 Å². The van der Waals surface area contributed by atoms with Crippen molar-refractivity contribution in [3.63, 3.8) is 0 Å². The second-order valence-corrected chi connectivity index (χ2v) is 5.44. The average Bonchev–Trinajstić information content (AvgIpc) is 2.33. The lowest BCUT2D eigenvalue weighted by Gasteiger charge is -2.31. The Morgan fingerprint density at radius 1 is 1.47 bits per heavy atom. The van der Waals surface area contributed by atoms with Crippen LogP contribution in [0.3, 0.4) is 0 Å². The topological polar surface area (TPSA) is 66.5 Å². The summed E-state index contributed by atoms with van der Waals surface area (Å²) in [6.07, 6.45) is 0. The number of imide groups is 1. The third-order valence-corrected chi connectivity index (χ3v) is 3.74. The molecule has 1 aromatic carbocycles. The van der Waals surface area contributed by atoms with E-state index in [4.69, 9.17) is 11.6 Å². The third-order valence-electron chi connectivity index (χ3n) is 2.85. The van der Waals surface area contributed by atoms with Gasteiger partial charge in [0.2, 0.25) is 11.8 Å². The van der Waals surface area contributed by atoms with Gasteiger partial charge in [0.25, 0.3) is 5.91 Å². The molecule has 100 valence electrons. The number of hydrogen-bond acceptors (Lipinski definition) is 3. The monoisotopic (exact) mass is 344 g/mol. The SMILES string of the molecule is CC1C(=O)NC(=O)CN1C(=O)c1ccc(Cl)cc1Br. The largest absolute Gasteiger partial charge is 0.318 e. The Bertz CT molecular complexity index is 576. The minimum Gasteiger partial charge on any atom is -0.318 e. The predicted molar refractivity (Wildman–Crippen MR) is 72.8 cm³/mol. The Hall–Kier alpha value is -1.40. The molecule has 1 aromatic rings. The minimum atomic E-state index is -0.687. The molecular weight excluding hydrogens is 336 g/mol. The van der Waals surface area contributed by atoms with Gasteiger partial charge in [-0.05, 0) is 41.1 Å². The number of nitrogens with one attached hydrogen (secondary N) is 1. The third kappa shape index (κ3) is 2.79. The molecule has 5 nitrogen and oxygen atoms in total. The normalized spacial score (nSPS) is 19.3. The number of rotatable bonds is 1. The van der Waals surface area contributed by atoms with Crippen LogP contribution in [0.1, 0.15) is 17.3 Å². The molecule has 1 fully saturated rings. The van der Waals surface area contributed by atoms with Crippen LogP contribution in [-0.4, -0.2) is 35.2 Å². The minimum absolute atomic E-state index is 0.138. The fourth-order valence-corrected chi connectivity index (χ4v) is 2.63. The van der Waals surface area contributed by atoms with E-state index >= 15 is 0 Å². The quantitative estimate of drug-likeness (QED) is 0.786. The summed E-state index contributed by atoms with van der Waals surface area (Å²) >= 11 is 9.06. The van der Waals surface area contributed by atoms with E-state index in [9.17, 15) is 14.4 Å². The highest BCUT2D eigenvalue weighted by atomic mass is 79.9. The second kappa shape index (κ2) is 5.30. The van der Waals surface area contributed by atoms with Crippen molar-refractivity contribution >= 4 is 45.3 Å². The number of nitrogens with zero attached hydrogens (tertiary/aromatic N) is 1. The molecule has 3 amide bonds. The number of carbonyl (C=O) groups excluding carboxylic acids is 3. The fraction of sp³-hybridized carbons (Fsp3) is 0.250. The molecule has 0 aliphatic carbocycles.